The molecule has 1 heterocycles. The average molecular weight is 326 g/mol. The third-order valence-electron chi connectivity index (χ3n) is 3.72. The molecular weight excluding hydrogens is 308 g/mol. The minimum Gasteiger partial charge on any atom is -0.485 e. The number of para-hydroxylation sites is 2. The maximum atomic E-state index is 12.1. The van der Waals surface area contributed by atoms with Gasteiger partial charge < -0.3 is 9.47 Å². The Kier molecular flexibility index (Phi) is 4.65. The first-order valence-corrected chi connectivity index (χ1v) is 7.75. The molecule has 124 valence electrons. The number of rotatable bonds is 3. The van der Waals surface area contributed by atoms with E-state index in [0.29, 0.717) is 17.1 Å². The molecule has 0 aliphatic carbocycles. The third-order valence-corrected chi connectivity index (χ3v) is 3.72. The van der Waals surface area contributed by atoms with Gasteiger partial charge in [-0.3, -0.25) is 20.4 Å². The molecule has 0 saturated heterocycles. The Balaban J connectivity index is 1.55. The molecule has 0 aromatic heterocycles. The minimum atomic E-state index is -0.817. The van der Waals surface area contributed by atoms with E-state index in [4.69, 9.17) is 9.47 Å². The van der Waals surface area contributed by atoms with Crippen LogP contribution in [0, 0.1) is 0 Å². The van der Waals surface area contributed by atoms with E-state index in [2.05, 4.69) is 10.9 Å². The van der Waals surface area contributed by atoms with Crippen molar-refractivity contribution in [2.24, 2.45) is 0 Å². The lowest BCUT2D eigenvalue weighted by molar-refractivity contribution is -0.131. The fourth-order valence-corrected chi connectivity index (χ4v) is 2.31. The Labute approximate surface area is 139 Å². The first-order valence-electron chi connectivity index (χ1n) is 7.75. The highest BCUT2D eigenvalue weighted by atomic mass is 16.6. The van der Waals surface area contributed by atoms with Gasteiger partial charge in [-0.25, -0.2) is 0 Å². The largest absolute Gasteiger partial charge is 0.485 e. The Morgan fingerprint density at radius 3 is 2.46 bits per heavy atom. The zero-order valence-corrected chi connectivity index (χ0v) is 13.2. The summed E-state index contributed by atoms with van der Waals surface area (Å²) in [6.45, 7) is 2.13. The Hall–Kier alpha value is -3.02. The number of carbonyl (C=O) groups excluding carboxylic acids is 2. The molecule has 2 N–H and O–H groups in total. The first-order chi connectivity index (χ1) is 11.7. The van der Waals surface area contributed by atoms with Gasteiger partial charge in [0.2, 0.25) is 6.10 Å². The topological polar surface area (TPSA) is 76.7 Å². The van der Waals surface area contributed by atoms with Crippen LogP contribution in [0.2, 0.25) is 0 Å². The average Bonchev–Trinajstić information content (AvgIpc) is 2.65. The fraction of sp³-hybridized carbons (Fsp3) is 0.222. The molecule has 24 heavy (non-hydrogen) atoms. The van der Waals surface area contributed by atoms with Crippen molar-refractivity contribution in [2.75, 3.05) is 6.61 Å². The van der Waals surface area contributed by atoms with Gasteiger partial charge in [0.05, 0.1) is 0 Å². The molecule has 0 radical (unpaired) electrons. The molecule has 6 heteroatoms. The zero-order chi connectivity index (χ0) is 16.9. The number of aryl methyl sites for hydroxylation is 1. The number of hydrogen-bond donors (Lipinski definition) is 2. The van der Waals surface area contributed by atoms with Gasteiger partial charge in [-0.15, -0.1) is 0 Å². The van der Waals surface area contributed by atoms with E-state index in [0.717, 1.165) is 12.0 Å². The van der Waals surface area contributed by atoms with Gasteiger partial charge >= 0.3 is 0 Å². The second kappa shape index (κ2) is 7.04. The molecule has 2 aromatic carbocycles. The van der Waals surface area contributed by atoms with Gasteiger partial charge in [-0.1, -0.05) is 31.2 Å². The molecule has 0 saturated carbocycles. The van der Waals surface area contributed by atoms with Crippen LogP contribution in [0.5, 0.6) is 11.5 Å². The monoisotopic (exact) mass is 326 g/mol. The van der Waals surface area contributed by atoms with Gasteiger partial charge in [-0.2, -0.15) is 0 Å². The number of nitrogens with one attached hydrogen (secondary N) is 2. The summed E-state index contributed by atoms with van der Waals surface area (Å²) in [6.07, 6.45) is 0.0849. The summed E-state index contributed by atoms with van der Waals surface area (Å²) in [6, 6.07) is 14.3. The van der Waals surface area contributed by atoms with E-state index in [-0.39, 0.29) is 12.5 Å². The van der Waals surface area contributed by atoms with Gasteiger partial charge in [0.15, 0.2) is 11.5 Å². The van der Waals surface area contributed by atoms with Crippen molar-refractivity contribution in [1.29, 1.82) is 0 Å². The van der Waals surface area contributed by atoms with Crippen LogP contribution in [-0.2, 0) is 11.2 Å². The summed E-state index contributed by atoms with van der Waals surface area (Å²) in [5.41, 5.74) is 6.36. The second-order valence-corrected chi connectivity index (χ2v) is 5.36. The van der Waals surface area contributed by atoms with E-state index in [1.807, 2.05) is 25.1 Å². The lowest BCUT2D eigenvalue weighted by Crippen LogP contribution is -2.50. The first kappa shape index (κ1) is 15.9. The zero-order valence-electron chi connectivity index (χ0n) is 13.2. The van der Waals surface area contributed by atoms with Crippen LogP contribution in [0.1, 0.15) is 22.8 Å². The molecule has 0 bridgehead atoms. The molecule has 1 aliphatic heterocycles. The predicted molar refractivity (Wildman–Crippen MR) is 87.8 cm³/mol. The van der Waals surface area contributed by atoms with E-state index in [9.17, 15) is 9.59 Å². The summed E-state index contributed by atoms with van der Waals surface area (Å²) in [4.78, 5) is 24.1. The van der Waals surface area contributed by atoms with Gasteiger partial charge in [-0.05, 0) is 36.2 Å². The number of carbonyl (C=O) groups is 2. The molecule has 6 nitrogen and oxygen atoms in total. The molecule has 3 rings (SSSR count). The van der Waals surface area contributed by atoms with Crippen molar-refractivity contribution in [2.45, 2.75) is 19.4 Å². The van der Waals surface area contributed by atoms with Crippen molar-refractivity contribution in [3.8, 4) is 11.5 Å². The number of ether oxygens (including phenoxy) is 2. The molecule has 2 aromatic rings. The van der Waals surface area contributed by atoms with E-state index < -0.39 is 12.0 Å². The maximum absolute atomic E-state index is 12.1. The molecule has 0 fully saturated rings. The SMILES string of the molecule is CCc1ccc(C(=O)NNC(=O)C2COc3ccccc3O2)cc1. The lowest BCUT2D eigenvalue weighted by atomic mass is 10.1. The van der Waals surface area contributed by atoms with Crippen LogP contribution in [0.15, 0.2) is 48.5 Å². The second-order valence-electron chi connectivity index (χ2n) is 5.36. The molecule has 0 spiro atoms. The summed E-state index contributed by atoms with van der Waals surface area (Å²) < 4.78 is 11.0. The van der Waals surface area contributed by atoms with Crippen LogP contribution >= 0.6 is 0 Å². The summed E-state index contributed by atoms with van der Waals surface area (Å²) in [5.74, 6) is 0.248. The molecule has 1 unspecified atom stereocenters. The Morgan fingerprint density at radius 1 is 1.04 bits per heavy atom. The van der Waals surface area contributed by atoms with Crippen molar-refractivity contribution in [1.82, 2.24) is 10.9 Å². The molecular formula is C18H18N2O4. The summed E-state index contributed by atoms with van der Waals surface area (Å²) in [7, 11) is 0. The third kappa shape index (κ3) is 3.48. The van der Waals surface area contributed by atoms with E-state index >= 15 is 0 Å². The smallest absolute Gasteiger partial charge is 0.283 e. The summed E-state index contributed by atoms with van der Waals surface area (Å²) >= 11 is 0. The normalized spacial score (nSPS) is 15.5. The number of fused-ring (bicyclic) bond motifs is 1. The molecule has 1 atom stereocenters. The highest BCUT2D eigenvalue weighted by Gasteiger charge is 2.27. The van der Waals surface area contributed by atoms with Crippen molar-refractivity contribution < 1.29 is 19.1 Å². The standard InChI is InChI=1S/C18H18N2O4/c1-2-12-7-9-13(10-8-12)17(21)19-20-18(22)16-11-23-14-5-3-4-6-15(14)24-16/h3-10,16H,2,11H2,1H3,(H,19,21)(H,20,22). The number of benzene rings is 2. The molecule has 1 aliphatic rings. The van der Waals surface area contributed by atoms with Crippen molar-refractivity contribution in [3.05, 3.63) is 59.7 Å². The number of amides is 2. The summed E-state index contributed by atoms with van der Waals surface area (Å²) in [5, 5.41) is 0. The van der Waals surface area contributed by atoms with Crippen molar-refractivity contribution in [3.63, 3.8) is 0 Å². The number of hydrogen-bond acceptors (Lipinski definition) is 4. The Morgan fingerprint density at radius 2 is 1.75 bits per heavy atom. The highest BCUT2D eigenvalue weighted by molar-refractivity contribution is 5.95. The van der Waals surface area contributed by atoms with Crippen molar-refractivity contribution >= 4 is 11.8 Å². The Bertz CT molecular complexity index is 743. The maximum Gasteiger partial charge on any atom is 0.283 e. The lowest BCUT2D eigenvalue weighted by Gasteiger charge is -2.25. The minimum absolute atomic E-state index is 0.0872. The van der Waals surface area contributed by atoms with Crippen LogP contribution in [0.3, 0.4) is 0 Å². The highest BCUT2D eigenvalue weighted by Crippen LogP contribution is 2.30. The van der Waals surface area contributed by atoms with Gasteiger partial charge in [0, 0.05) is 5.56 Å². The van der Waals surface area contributed by atoms with E-state index in [1.54, 1.807) is 30.3 Å². The number of hydrazine groups is 1. The van der Waals surface area contributed by atoms with Crippen LogP contribution in [-0.4, -0.2) is 24.5 Å². The molecule has 2 amide bonds. The quantitative estimate of drug-likeness (QED) is 0.844. The van der Waals surface area contributed by atoms with Crippen LogP contribution in [0.25, 0.3) is 0 Å². The predicted octanol–water partition coefficient (Wildman–Crippen LogP) is 1.85. The fourth-order valence-electron chi connectivity index (χ4n) is 2.31. The van der Waals surface area contributed by atoms with Gasteiger partial charge in [0.25, 0.3) is 11.8 Å². The van der Waals surface area contributed by atoms with Gasteiger partial charge in [0.1, 0.15) is 6.61 Å². The van der Waals surface area contributed by atoms with Crippen LogP contribution < -0.4 is 20.3 Å². The van der Waals surface area contributed by atoms with E-state index in [1.165, 1.54) is 0 Å². The van der Waals surface area contributed by atoms with Crippen LogP contribution in [0.4, 0.5) is 0 Å².